The molecular weight excluding hydrogens is 308 g/mol. The van der Waals surface area contributed by atoms with Gasteiger partial charge in [0, 0.05) is 38.2 Å². The van der Waals surface area contributed by atoms with Gasteiger partial charge in [0.1, 0.15) is 0 Å². The van der Waals surface area contributed by atoms with E-state index in [9.17, 15) is 9.59 Å². The lowest BCUT2D eigenvalue weighted by Gasteiger charge is -2.37. The highest BCUT2D eigenvalue weighted by Gasteiger charge is 2.29. The molecule has 0 unspecified atom stereocenters. The van der Waals surface area contributed by atoms with Crippen LogP contribution in [0.3, 0.4) is 0 Å². The second-order valence-electron chi connectivity index (χ2n) is 6.74. The van der Waals surface area contributed by atoms with E-state index < -0.39 is 0 Å². The highest BCUT2D eigenvalue weighted by molar-refractivity contribution is 5.79. The zero-order valence-electron chi connectivity index (χ0n) is 14.3. The average Bonchev–Trinajstić information content (AvgIpc) is 3.05. The maximum atomic E-state index is 12.5. The summed E-state index contributed by atoms with van der Waals surface area (Å²) in [5.41, 5.74) is 0.800. The molecule has 3 amide bonds. The molecule has 2 heterocycles. The third kappa shape index (κ3) is 4.07. The van der Waals surface area contributed by atoms with Crippen LogP contribution in [0.2, 0.25) is 0 Å². The van der Waals surface area contributed by atoms with Gasteiger partial charge in [-0.1, -0.05) is 24.4 Å². The number of hydrogen-bond donors (Lipinski definition) is 1. The van der Waals surface area contributed by atoms with Crippen molar-refractivity contribution in [2.75, 3.05) is 26.2 Å². The van der Waals surface area contributed by atoms with Crippen molar-refractivity contribution in [3.05, 3.63) is 17.5 Å². The summed E-state index contributed by atoms with van der Waals surface area (Å²) >= 11 is 0. The third-order valence-corrected chi connectivity index (χ3v) is 4.92. The quantitative estimate of drug-likeness (QED) is 0.916. The number of aromatic nitrogens is 1. The van der Waals surface area contributed by atoms with Crippen LogP contribution in [0.25, 0.3) is 0 Å². The molecule has 1 N–H and O–H groups in total. The SMILES string of the molecule is Cc1cc(CNC(=O)N2CCN(C(=O)C3CCCCC3)CC2)on1. The van der Waals surface area contributed by atoms with E-state index in [1.54, 1.807) is 11.0 Å². The topological polar surface area (TPSA) is 78.7 Å². The molecule has 1 saturated carbocycles. The van der Waals surface area contributed by atoms with Gasteiger partial charge in [-0.3, -0.25) is 4.79 Å². The second-order valence-corrected chi connectivity index (χ2v) is 6.74. The second kappa shape index (κ2) is 7.68. The molecule has 1 aliphatic carbocycles. The summed E-state index contributed by atoms with van der Waals surface area (Å²) in [6.07, 6.45) is 5.63. The number of urea groups is 1. The van der Waals surface area contributed by atoms with Crippen LogP contribution in [0.15, 0.2) is 10.6 Å². The van der Waals surface area contributed by atoms with Gasteiger partial charge in [-0.05, 0) is 19.8 Å². The zero-order chi connectivity index (χ0) is 16.9. The van der Waals surface area contributed by atoms with Crippen molar-refractivity contribution >= 4 is 11.9 Å². The van der Waals surface area contributed by atoms with E-state index in [1.807, 2.05) is 11.8 Å². The Hall–Kier alpha value is -2.05. The average molecular weight is 334 g/mol. The normalized spacial score (nSPS) is 19.4. The van der Waals surface area contributed by atoms with Crippen molar-refractivity contribution in [2.45, 2.75) is 45.6 Å². The molecule has 0 spiro atoms. The first kappa shape index (κ1) is 16.8. The highest BCUT2D eigenvalue weighted by Crippen LogP contribution is 2.25. The van der Waals surface area contributed by atoms with Crippen LogP contribution in [0.1, 0.15) is 43.6 Å². The van der Waals surface area contributed by atoms with Crippen LogP contribution in [0.4, 0.5) is 4.79 Å². The van der Waals surface area contributed by atoms with E-state index >= 15 is 0 Å². The Labute approximate surface area is 142 Å². The van der Waals surface area contributed by atoms with Gasteiger partial charge in [0.15, 0.2) is 5.76 Å². The minimum Gasteiger partial charge on any atom is -0.359 e. The minimum atomic E-state index is -0.117. The molecule has 1 aliphatic heterocycles. The number of carbonyl (C=O) groups excluding carboxylic acids is 2. The molecule has 1 saturated heterocycles. The lowest BCUT2D eigenvalue weighted by atomic mass is 9.88. The number of carbonyl (C=O) groups is 2. The van der Waals surface area contributed by atoms with Crippen molar-refractivity contribution in [3.8, 4) is 0 Å². The Morgan fingerprint density at radius 2 is 1.83 bits per heavy atom. The van der Waals surface area contributed by atoms with Gasteiger partial charge in [0.25, 0.3) is 0 Å². The predicted molar refractivity (Wildman–Crippen MR) is 88.2 cm³/mol. The molecular formula is C17H26N4O3. The number of nitrogens with zero attached hydrogens (tertiary/aromatic N) is 3. The summed E-state index contributed by atoms with van der Waals surface area (Å²) in [6.45, 7) is 4.60. The van der Waals surface area contributed by atoms with Gasteiger partial charge < -0.3 is 19.6 Å². The molecule has 1 aromatic rings. The molecule has 7 nitrogen and oxygen atoms in total. The minimum absolute atomic E-state index is 0.117. The lowest BCUT2D eigenvalue weighted by Crippen LogP contribution is -2.54. The fraction of sp³-hybridized carbons (Fsp3) is 0.706. The van der Waals surface area contributed by atoms with Gasteiger partial charge in [-0.25, -0.2) is 4.79 Å². The highest BCUT2D eigenvalue weighted by atomic mass is 16.5. The smallest absolute Gasteiger partial charge is 0.317 e. The molecule has 2 aliphatic rings. The van der Waals surface area contributed by atoms with E-state index in [0.29, 0.717) is 38.5 Å². The number of nitrogens with one attached hydrogen (secondary N) is 1. The van der Waals surface area contributed by atoms with Crippen molar-refractivity contribution in [3.63, 3.8) is 0 Å². The van der Waals surface area contributed by atoms with E-state index in [4.69, 9.17) is 4.52 Å². The van der Waals surface area contributed by atoms with Gasteiger partial charge in [0.05, 0.1) is 12.2 Å². The van der Waals surface area contributed by atoms with Crippen molar-refractivity contribution < 1.29 is 14.1 Å². The maximum Gasteiger partial charge on any atom is 0.317 e. The molecule has 0 radical (unpaired) electrons. The largest absolute Gasteiger partial charge is 0.359 e. The predicted octanol–water partition coefficient (Wildman–Crippen LogP) is 1.92. The van der Waals surface area contributed by atoms with Crippen LogP contribution in [-0.2, 0) is 11.3 Å². The first-order valence-electron chi connectivity index (χ1n) is 8.87. The fourth-order valence-electron chi connectivity index (χ4n) is 3.51. The van der Waals surface area contributed by atoms with Gasteiger partial charge in [-0.2, -0.15) is 0 Å². The van der Waals surface area contributed by atoms with Gasteiger partial charge >= 0.3 is 6.03 Å². The fourth-order valence-corrected chi connectivity index (χ4v) is 3.51. The Bertz CT molecular complexity index is 572. The van der Waals surface area contributed by atoms with E-state index in [2.05, 4.69) is 10.5 Å². The van der Waals surface area contributed by atoms with Gasteiger partial charge in [0.2, 0.25) is 5.91 Å². The van der Waals surface area contributed by atoms with Crippen LogP contribution < -0.4 is 5.32 Å². The van der Waals surface area contributed by atoms with E-state index in [0.717, 1.165) is 18.5 Å². The van der Waals surface area contributed by atoms with Crippen molar-refractivity contribution in [1.29, 1.82) is 0 Å². The summed E-state index contributed by atoms with van der Waals surface area (Å²) < 4.78 is 5.08. The molecule has 0 aromatic carbocycles. The molecule has 24 heavy (non-hydrogen) atoms. The first-order chi connectivity index (χ1) is 11.6. The van der Waals surface area contributed by atoms with Crippen LogP contribution in [-0.4, -0.2) is 53.1 Å². The molecule has 0 atom stereocenters. The maximum absolute atomic E-state index is 12.5. The Morgan fingerprint density at radius 1 is 1.17 bits per heavy atom. The van der Waals surface area contributed by atoms with E-state index in [-0.39, 0.29) is 17.9 Å². The van der Waals surface area contributed by atoms with Crippen molar-refractivity contribution in [1.82, 2.24) is 20.3 Å². The molecule has 7 heteroatoms. The Morgan fingerprint density at radius 3 is 2.46 bits per heavy atom. The summed E-state index contributed by atoms with van der Waals surface area (Å²) in [7, 11) is 0. The zero-order valence-corrected chi connectivity index (χ0v) is 14.3. The molecule has 1 aromatic heterocycles. The number of aryl methyl sites for hydroxylation is 1. The number of amides is 3. The third-order valence-electron chi connectivity index (χ3n) is 4.92. The Balaban J connectivity index is 1.42. The summed E-state index contributed by atoms with van der Waals surface area (Å²) in [5.74, 6) is 1.13. The monoisotopic (exact) mass is 334 g/mol. The number of rotatable bonds is 3. The first-order valence-corrected chi connectivity index (χ1v) is 8.87. The van der Waals surface area contributed by atoms with Crippen molar-refractivity contribution in [2.24, 2.45) is 5.92 Å². The summed E-state index contributed by atoms with van der Waals surface area (Å²) in [6, 6.07) is 1.69. The lowest BCUT2D eigenvalue weighted by molar-refractivity contribution is -0.138. The van der Waals surface area contributed by atoms with Crippen LogP contribution >= 0.6 is 0 Å². The van der Waals surface area contributed by atoms with Crippen LogP contribution in [0.5, 0.6) is 0 Å². The molecule has 2 fully saturated rings. The summed E-state index contributed by atoms with van der Waals surface area (Å²) in [5, 5.41) is 6.64. The van der Waals surface area contributed by atoms with Crippen LogP contribution in [0, 0.1) is 12.8 Å². The van der Waals surface area contributed by atoms with Gasteiger partial charge in [-0.15, -0.1) is 0 Å². The van der Waals surface area contributed by atoms with E-state index in [1.165, 1.54) is 19.3 Å². The standard InChI is InChI=1S/C17H26N4O3/c1-13-11-15(24-19-13)12-18-17(23)21-9-7-20(8-10-21)16(22)14-5-3-2-4-6-14/h11,14H,2-10,12H2,1H3,(H,18,23). The molecule has 0 bridgehead atoms. The number of piperazine rings is 1. The summed E-state index contributed by atoms with van der Waals surface area (Å²) in [4.78, 5) is 28.4. The molecule has 132 valence electrons. The number of hydrogen-bond acceptors (Lipinski definition) is 4. The Kier molecular flexibility index (Phi) is 5.37. The molecule has 3 rings (SSSR count).